The molecule has 21 heavy (non-hydrogen) atoms. The Hall–Kier alpha value is -2.42. The molecule has 0 aliphatic carbocycles. The third-order valence-corrected chi connectivity index (χ3v) is 4.69. The highest BCUT2D eigenvalue weighted by Crippen LogP contribution is 2.35. The SMILES string of the molecule is CC(C)c1cccc2c3cccc4c3c3n(nc[n+]3C4)c12. The van der Waals surface area contributed by atoms with E-state index in [1.54, 1.807) is 0 Å². The summed E-state index contributed by atoms with van der Waals surface area (Å²) in [4.78, 5) is 0. The second-order valence-electron chi connectivity index (χ2n) is 6.23. The molecular weight excluding hydrogens is 258 g/mol. The summed E-state index contributed by atoms with van der Waals surface area (Å²) in [5, 5.41) is 8.69. The lowest BCUT2D eigenvalue weighted by Crippen LogP contribution is -2.28. The van der Waals surface area contributed by atoms with Gasteiger partial charge in [0.2, 0.25) is 0 Å². The number of benzene rings is 2. The van der Waals surface area contributed by atoms with Crippen LogP contribution in [0.2, 0.25) is 0 Å². The largest absolute Gasteiger partial charge is 0.274 e. The molecule has 3 nitrogen and oxygen atoms in total. The molecular formula is C18H16N3+. The normalized spacial score (nSPS) is 13.5. The zero-order valence-electron chi connectivity index (χ0n) is 12.2. The smallest absolute Gasteiger partial charge is 0.226 e. The van der Waals surface area contributed by atoms with E-state index in [-0.39, 0.29) is 0 Å². The zero-order chi connectivity index (χ0) is 14.1. The van der Waals surface area contributed by atoms with Gasteiger partial charge in [-0.1, -0.05) is 54.8 Å². The van der Waals surface area contributed by atoms with E-state index >= 15 is 0 Å². The Bertz CT molecular complexity index is 1040. The Kier molecular flexibility index (Phi) is 1.94. The molecule has 1 aliphatic rings. The van der Waals surface area contributed by atoms with E-state index in [0.29, 0.717) is 5.92 Å². The molecule has 0 atom stereocenters. The van der Waals surface area contributed by atoms with Crippen molar-refractivity contribution in [2.45, 2.75) is 26.3 Å². The average Bonchev–Trinajstić information content (AvgIpc) is 3.05. The molecule has 0 radical (unpaired) electrons. The molecule has 0 bridgehead atoms. The maximum atomic E-state index is 4.66. The Balaban J connectivity index is 2.19. The fraction of sp³-hybridized carbons (Fsp3) is 0.222. The van der Waals surface area contributed by atoms with Crippen LogP contribution in [-0.4, -0.2) is 9.61 Å². The summed E-state index contributed by atoms with van der Waals surface area (Å²) >= 11 is 0. The molecule has 0 unspecified atom stereocenters. The highest BCUT2D eigenvalue weighted by atomic mass is 15.3. The molecule has 0 fully saturated rings. The summed E-state index contributed by atoms with van der Waals surface area (Å²) in [5.41, 5.74) is 5.26. The first-order valence-corrected chi connectivity index (χ1v) is 7.49. The number of para-hydroxylation sites is 1. The van der Waals surface area contributed by atoms with Crippen LogP contribution in [0.25, 0.3) is 27.3 Å². The van der Waals surface area contributed by atoms with Crippen LogP contribution >= 0.6 is 0 Å². The number of aromatic nitrogens is 3. The van der Waals surface area contributed by atoms with E-state index in [1.165, 1.54) is 38.4 Å². The molecule has 5 rings (SSSR count). The molecule has 3 heteroatoms. The highest BCUT2D eigenvalue weighted by molar-refractivity contribution is 6.13. The average molecular weight is 274 g/mol. The van der Waals surface area contributed by atoms with Crippen molar-refractivity contribution in [1.29, 1.82) is 0 Å². The van der Waals surface area contributed by atoms with Gasteiger partial charge in [0.05, 0.1) is 11.9 Å². The number of fused-ring (bicyclic) bond motifs is 3. The van der Waals surface area contributed by atoms with Gasteiger partial charge in [-0.2, -0.15) is 0 Å². The van der Waals surface area contributed by atoms with Gasteiger partial charge in [-0.05, 0) is 16.9 Å². The topological polar surface area (TPSA) is 21.2 Å². The quantitative estimate of drug-likeness (QED) is 0.339. The number of rotatable bonds is 1. The molecule has 2 aromatic carbocycles. The van der Waals surface area contributed by atoms with Gasteiger partial charge in [0, 0.05) is 16.0 Å². The predicted molar refractivity (Wildman–Crippen MR) is 83.6 cm³/mol. The van der Waals surface area contributed by atoms with Crippen LogP contribution in [0.15, 0.2) is 42.7 Å². The van der Waals surface area contributed by atoms with Gasteiger partial charge in [0.25, 0.3) is 12.0 Å². The lowest BCUT2D eigenvalue weighted by molar-refractivity contribution is -0.658. The molecule has 0 saturated carbocycles. The number of pyridine rings is 1. The van der Waals surface area contributed by atoms with E-state index < -0.39 is 0 Å². The molecule has 0 spiro atoms. The van der Waals surface area contributed by atoms with Crippen LogP contribution in [0.3, 0.4) is 0 Å². The molecule has 4 aromatic rings. The van der Waals surface area contributed by atoms with Crippen LogP contribution in [0.4, 0.5) is 0 Å². The van der Waals surface area contributed by atoms with Crippen molar-refractivity contribution in [3.8, 4) is 0 Å². The van der Waals surface area contributed by atoms with Gasteiger partial charge >= 0.3 is 0 Å². The van der Waals surface area contributed by atoms with Gasteiger partial charge in [-0.15, -0.1) is 0 Å². The van der Waals surface area contributed by atoms with E-state index in [2.05, 4.69) is 64.4 Å². The molecule has 0 amide bonds. The first-order chi connectivity index (χ1) is 10.3. The van der Waals surface area contributed by atoms with Crippen molar-refractivity contribution in [2.24, 2.45) is 0 Å². The van der Waals surface area contributed by atoms with E-state index in [0.717, 1.165) is 6.54 Å². The standard InChI is InChI=1S/C18H16N3/c1-11(2)13-6-4-8-15-14-7-3-5-12-9-20-10-19-21(17(13)15)18(20)16(12)14/h3-8,10-11H,9H2,1-2H3/q+1. The summed E-state index contributed by atoms with van der Waals surface area (Å²) in [6, 6.07) is 13.3. The van der Waals surface area contributed by atoms with Gasteiger partial charge in [-0.3, -0.25) is 0 Å². The molecule has 0 saturated heterocycles. The van der Waals surface area contributed by atoms with Crippen LogP contribution in [0.5, 0.6) is 0 Å². The Morgan fingerprint density at radius 1 is 1.10 bits per heavy atom. The lowest BCUT2D eigenvalue weighted by Gasteiger charge is -2.09. The van der Waals surface area contributed by atoms with Gasteiger partial charge < -0.3 is 0 Å². The maximum absolute atomic E-state index is 4.66. The Morgan fingerprint density at radius 3 is 2.76 bits per heavy atom. The minimum Gasteiger partial charge on any atom is -0.226 e. The van der Waals surface area contributed by atoms with E-state index in [1.807, 2.05) is 6.33 Å². The van der Waals surface area contributed by atoms with Gasteiger partial charge in [0.15, 0.2) is 5.52 Å². The van der Waals surface area contributed by atoms with Crippen LogP contribution in [0.1, 0.15) is 30.9 Å². The van der Waals surface area contributed by atoms with Crippen molar-refractivity contribution in [2.75, 3.05) is 0 Å². The van der Waals surface area contributed by atoms with Crippen molar-refractivity contribution >= 4 is 27.3 Å². The van der Waals surface area contributed by atoms with Crippen LogP contribution in [-0.2, 0) is 6.54 Å². The first-order valence-electron chi connectivity index (χ1n) is 7.49. The van der Waals surface area contributed by atoms with Crippen molar-refractivity contribution in [3.05, 3.63) is 53.9 Å². The highest BCUT2D eigenvalue weighted by Gasteiger charge is 2.28. The fourth-order valence-corrected chi connectivity index (χ4v) is 3.76. The number of hydrogen-bond acceptors (Lipinski definition) is 1. The Labute approximate surface area is 122 Å². The minimum atomic E-state index is 0.482. The van der Waals surface area contributed by atoms with Crippen molar-refractivity contribution < 1.29 is 4.57 Å². The predicted octanol–water partition coefficient (Wildman–Crippen LogP) is 3.41. The van der Waals surface area contributed by atoms with E-state index in [4.69, 9.17) is 0 Å². The second-order valence-corrected chi connectivity index (χ2v) is 6.23. The summed E-state index contributed by atoms with van der Waals surface area (Å²) in [6.45, 7) is 5.43. The summed E-state index contributed by atoms with van der Waals surface area (Å²) < 4.78 is 4.40. The molecule has 3 heterocycles. The third-order valence-electron chi connectivity index (χ3n) is 4.69. The lowest BCUT2D eigenvalue weighted by atomic mass is 9.96. The van der Waals surface area contributed by atoms with Gasteiger partial charge in [-0.25, -0.2) is 4.57 Å². The maximum Gasteiger partial charge on any atom is 0.274 e. The van der Waals surface area contributed by atoms with Crippen molar-refractivity contribution in [3.63, 3.8) is 0 Å². The zero-order valence-corrected chi connectivity index (χ0v) is 12.2. The fourth-order valence-electron chi connectivity index (χ4n) is 3.76. The molecule has 102 valence electrons. The summed E-state index contributed by atoms with van der Waals surface area (Å²) in [7, 11) is 0. The van der Waals surface area contributed by atoms with Crippen LogP contribution in [0, 0.1) is 0 Å². The third kappa shape index (κ3) is 1.24. The molecule has 0 N–H and O–H groups in total. The summed E-state index contributed by atoms with van der Waals surface area (Å²) in [6.07, 6.45) is 1.96. The second kappa shape index (κ2) is 3.61. The summed E-state index contributed by atoms with van der Waals surface area (Å²) in [5.74, 6) is 0.482. The molecule has 2 aromatic heterocycles. The van der Waals surface area contributed by atoms with Crippen molar-refractivity contribution in [1.82, 2.24) is 9.61 Å². The van der Waals surface area contributed by atoms with Crippen LogP contribution < -0.4 is 4.57 Å². The first kappa shape index (κ1) is 11.3. The molecule has 1 aliphatic heterocycles. The van der Waals surface area contributed by atoms with E-state index in [9.17, 15) is 0 Å². The monoisotopic (exact) mass is 274 g/mol. The number of hydrogen-bond donors (Lipinski definition) is 0. The van der Waals surface area contributed by atoms with Gasteiger partial charge in [0.1, 0.15) is 0 Å². The minimum absolute atomic E-state index is 0.482. The number of nitrogens with zero attached hydrogens (tertiary/aromatic N) is 3. The Morgan fingerprint density at radius 2 is 1.90 bits per heavy atom.